The molecule has 1 rings (SSSR count). The first kappa shape index (κ1) is 18.0. The number of ether oxygens (including phenoxy) is 1. The number of carbonyl (C=O) groups excluding carboxylic acids is 2. The van der Waals surface area contributed by atoms with Gasteiger partial charge in [-0.25, -0.2) is 4.79 Å². The molecule has 1 aromatic rings. The zero-order chi connectivity index (χ0) is 15.9. The van der Waals surface area contributed by atoms with Crippen molar-refractivity contribution in [2.24, 2.45) is 5.73 Å². The van der Waals surface area contributed by atoms with Gasteiger partial charge in [0.15, 0.2) is 0 Å². The van der Waals surface area contributed by atoms with E-state index in [9.17, 15) is 9.59 Å². The van der Waals surface area contributed by atoms with Gasteiger partial charge >= 0.3 is 6.09 Å². The van der Waals surface area contributed by atoms with Gasteiger partial charge in [-0.15, -0.1) is 0 Å². The normalized spacial score (nSPS) is 10.1. The Morgan fingerprint density at radius 3 is 2.20 bits per heavy atom. The van der Waals surface area contributed by atoms with E-state index in [2.05, 4.69) is 5.32 Å². The number of nitrogens with two attached hydrogens (primary N) is 1. The minimum Gasteiger partial charge on any atom is -0.409 e. The Morgan fingerprint density at radius 1 is 1.20 bits per heavy atom. The maximum Gasteiger partial charge on any atom is 0.413 e. The maximum atomic E-state index is 11.6. The van der Waals surface area contributed by atoms with Crippen LogP contribution in [0.4, 0.5) is 4.79 Å². The van der Waals surface area contributed by atoms with Gasteiger partial charge in [0.25, 0.3) is 5.91 Å². The summed E-state index contributed by atoms with van der Waals surface area (Å²) in [5.74, 6) is -0.466. The topological polar surface area (TPSA) is 81.4 Å². The van der Waals surface area contributed by atoms with Crippen LogP contribution in [0.15, 0.2) is 18.2 Å². The summed E-state index contributed by atoms with van der Waals surface area (Å²) in [6.07, 6.45) is -0.617. The first-order valence-electron chi connectivity index (χ1n) is 6.59. The predicted molar refractivity (Wildman–Crippen MR) is 80.0 cm³/mol. The molecule has 20 heavy (non-hydrogen) atoms. The SMILES string of the molecule is CC.Cc1ccc(OC(=O)NC(C)(C)C)c(C(N)=O)c1. The third-order valence-electron chi connectivity index (χ3n) is 2.08. The molecule has 0 aliphatic heterocycles. The van der Waals surface area contributed by atoms with Crippen LogP contribution in [0.1, 0.15) is 50.5 Å². The Balaban J connectivity index is 0.00000172. The summed E-state index contributed by atoms with van der Waals surface area (Å²) in [6, 6.07) is 4.88. The molecule has 112 valence electrons. The van der Waals surface area contributed by atoms with Crippen LogP contribution < -0.4 is 15.8 Å². The fourth-order valence-corrected chi connectivity index (χ4v) is 1.36. The smallest absolute Gasteiger partial charge is 0.409 e. The second-order valence-electron chi connectivity index (χ2n) is 5.13. The third-order valence-corrected chi connectivity index (χ3v) is 2.08. The van der Waals surface area contributed by atoms with E-state index in [1.54, 1.807) is 18.2 Å². The van der Waals surface area contributed by atoms with Crippen LogP contribution in [0.5, 0.6) is 5.75 Å². The van der Waals surface area contributed by atoms with Crippen LogP contribution in [-0.2, 0) is 0 Å². The molecule has 0 saturated heterocycles. The van der Waals surface area contributed by atoms with Crippen molar-refractivity contribution in [2.45, 2.75) is 47.1 Å². The standard InChI is InChI=1S/C13H18N2O3.C2H6/c1-8-5-6-10(9(7-8)11(14)16)18-12(17)15-13(2,3)4;1-2/h5-7H,1-4H3,(H2,14,16)(H,15,17);1-2H3. The Hall–Kier alpha value is -2.04. The Kier molecular flexibility index (Phi) is 6.76. The molecule has 1 aromatic carbocycles. The van der Waals surface area contributed by atoms with Crippen LogP contribution in [0.2, 0.25) is 0 Å². The van der Waals surface area contributed by atoms with Crippen LogP contribution in [-0.4, -0.2) is 17.5 Å². The molecule has 0 fully saturated rings. The van der Waals surface area contributed by atoms with Gasteiger partial charge in [-0.2, -0.15) is 0 Å². The molecule has 0 aromatic heterocycles. The summed E-state index contributed by atoms with van der Waals surface area (Å²) in [4.78, 5) is 22.9. The van der Waals surface area contributed by atoms with Crippen LogP contribution in [0.25, 0.3) is 0 Å². The van der Waals surface area contributed by atoms with Gasteiger partial charge in [-0.1, -0.05) is 25.5 Å². The van der Waals surface area contributed by atoms with Crippen LogP contribution in [0, 0.1) is 6.92 Å². The van der Waals surface area contributed by atoms with Crippen molar-refractivity contribution in [1.29, 1.82) is 0 Å². The fourth-order valence-electron chi connectivity index (χ4n) is 1.36. The lowest BCUT2D eigenvalue weighted by molar-refractivity contribution is 0.0997. The average molecular weight is 280 g/mol. The van der Waals surface area contributed by atoms with E-state index < -0.39 is 17.5 Å². The molecule has 0 heterocycles. The summed E-state index contributed by atoms with van der Waals surface area (Å²) in [6.45, 7) is 11.3. The Morgan fingerprint density at radius 2 is 1.75 bits per heavy atom. The molecule has 0 aliphatic rings. The summed E-state index contributed by atoms with van der Waals surface area (Å²) in [7, 11) is 0. The van der Waals surface area contributed by atoms with E-state index in [1.807, 2.05) is 41.5 Å². The Labute approximate surface area is 120 Å². The number of nitrogens with one attached hydrogen (secondary N) is 1. The van der Waals surface area contributed by atoms with E-state index in [0.717, 1.165) is 5.56 Å². The number of hydrogen-bond acceptors (Lipinski definition) is 3. The molecule has 2 amide bonds. The zero-order valence-corrected chi connectivity index (χ0v) is 13.0. The summed E-state index contributed by atoms with van der Waals surface area (Å²) in [5, 5.41) is 2.64. The van der Waals surface area contributed by atoms with Crippen molar-refractivity contribution in [3.63, 3.8) is 0 Å². The van der Waals surface area contributed by atoms with Crippen molar-refractivity contribution in [3.8, 4) is 5.75 Å². The van der Waals surface area contributed by atoms with Crippen LogP contribution >= 0.6 is 0 Å². The molecule has 0 radical (unpaired) electrons. The zero-order valence-electron chi connectivity index (χ0n) is 13.0. The van der Waals surface area contributed by atoms with Crippen LogP contribution in [0.3, 0.4) is 0 Å². The third kappa shape index (κ3) is 6.22. The van der Waals surface area contributed by atoms with Crippen molar-refractivity contribution in [2.75, 3.05) is 0 Å². The van der Waals surface area contributed by atoms with E-state index in [0.29, 0.717) is 0 Å². The number of aryl methyl sites for hydroxylation is 1. The first-order valence-corrected chi connectivity index (χ1v) is 6.59. The molecule has 0 aliphatic carbocycles. The highest BCUT2D eigenvalue weighted by Crippen LogP contribution is 2.19. The molecule has 0 atom stereocenters. The van der Waals surface area contributed by atoms with Crippen molar-refractivity contribution in [3.05, 3.63) is 29.3 Å². The van der Waals surface area contributed by atoms with Gasteiger partial charge < -0.3 is 15.8 Å². The monoisotopic (exact) mass is 280 g/mol. The second kappa shape index (κ2) is 7.53. The number of rotatable bonds is 2. The van der Waals surface area contributed by atoms with Gasteiger partial charge in [0.1, 0.15) is 5.75 Å². The highest BCUT2D eigenvalue weighted by atomic mass is 16.6. The number of benzene rings is 1. The molecule has 3 N–H and O–H groups in total. The minimum absolute atomic E-state index is 0.162. The predicted octanol–water partition coefficient (Wildman–Crippen LogP) is 3.01. The minimum atomic E-state index is -0.628. The van der Waals surface area contributed by atoms with E-state index >= 15 is 0 Å². The summed E-state index contributed by atoms with van der Waals surface area (Å²) < 4.78 is 5.09. The number of hydrogen-bond donors (Lipinski definition) is 2. The highest BCUT2D eigenvalue weighted by Gasteiger charge is 2.18. The highest BCUT2D eigenvalue weighted by molar-refractivity contribution is 5.96. The van der Waals surface area contributed by atoms with E-state index in [1.165, 1.54) is 0 Å². The quantitative estimate of drug-likeness (QED) is 0.873. The molecular weight excluding hydrogens is 256 g/mol. The van der Waals surface area contributed by atoms with Gasteiger partial charge in [0.05, 0.1) is 5.56 Å². The van der Waals surface area contributed by atoms with Gasteiger partial charge in [-0.05, 0) is 39.8 Å². The first-order chi connectivity index (χ1) is 9.19. The average Bonchev–Trinajstić information content (AvgIpc) is 2.31. The second-order valence-corrected chi connectivity index (χ2v) is 5.13. The fraction of sp³-hybridized carbons (Fsp3) is 0.467. The molecular formula is C15H24N2O3. The van der Waals surface area contributed by atoms with Gasteiger partial charge in [-0.3, -0.25) is 4.79 Å². The largest absolute Gasteiger partial charge is 0.413 e. The molecule has 0 spiro atoms. The lowest BCUT2D eigenvalue weighted by Gasteiger charge is -2.20. The van der Waals surface area contributed by atoms with E-state index in [4.69, 9.17) is 10.5 Å². The molecule has 0 saturated carbocycles. The van der Waals surface area contributed by atoms with Crippen molar-refractivity contribution >= 4 is 12.0 Å². The number of primary amides is 1. The van der Waals surface area contributed by atoms with Crippen molar-refractivity contribution in [1.82, 2.24) is 5.32 Å². The van der Waals surface area contributed by atoms with Gasteiger partial charge in [0.2, 0.25) is 0 Å². The number of carbonyl (C=O) groups is 2. The van der Waals surface area contributed by atoms with E-state index in [-0.39, 0.29) is 11.3 Å². The maximum absolute atomic E-state index is 11.6. The summed E-state index contributed by atoms with van der Waals surface area (Å²) >= 11 is 0. The molecule has 5 nitrogen and oxygen atoms in total. The van der Waals surface area contributed by atoms with Crippen molar-refractivity contribution < 1.29 is 14.3 Å². The molecule has 5 heteroatoms. The lowest BCUT2D eigenvalue weighted by Crippen LogP contribution is -2.42. The van der Waals surface area contributed by atoms with Gasteiger partial charge in [0, 0.05) is 5.54 Å². The number of amides is 2. The lowest BCUT2D eigenvalue weighted by atomic mass is 10.1. The molecule has 0 bridgehead atoms. The Bertz CT molecular complexity index is 476. The summed E-state index contributed by atoms with van der Waals surface area (Å²) in [5.41, 5.74) is 5.89. The molecule has 0 unspecified atom stereocenters.